The lowest BCUT2D eigenvalue weighted by atomic mass is 9.82. The maximum absolute atomic E-state index is 12.3. The van der Waals surface area contributed by atoms with Gasteiger partial charge in [0.05, 0.1) is 11.9 Å². The molecule has 0 saturated heterocycles. The van der Waals surface area contributed by atoms with Gasteiger partial charge in [0, 0.05) is 23.0 Å². The number of hydrogen-bond acceptors (Lipinski definition) is 3. The summed E-state index contributed by atoms with van der Waals surface area (Å²) in [5.41, 5.74) is 1.40. The molecule has 0 atom stereocenters. The van der Waals surface area contributed by atoms with E-state index < -0.39 is 10.0 Å². The molecule has 0 saturated carbocycles. The van der Waals surface area contributed by atoms with Crippen LogP contribution in [-0.4, -0.2) is 32.7 Å². The van der Waals surface area contributed by atoms with E-state index in [0.29, 0.717) is 12.1 Å². The average molecular weight is 461 g/mol. The number of amides is 1. The number of halogens is 1. The first kappa shape index (κ1) is 24.0. The van der Waals surface area contributed by atoms with E-state index in [1.54, 1.807) is 6.07 Å². The molecule has 7 heteroatoms. The molecule has 1 N–H and O–H groups in total. The summed E-state index contributed by atoms with van der Waals surface area (Å²) in [4.78, 5) is 12.3. The Kier molecular flexibility index (Phi) is 7.94. The second kappa shape index (κ2) is 8.95. The molecule has 1 rings (SSSR count). The fraction of sp³-hybridized carbons (Fsp3) is 0.650. The summed E-state index contributed by atoms with van der Waals surface area (Å²) < 4.78 is 26.7. The van der Waals surface area contributed by atoms with Crippen LogP contribution in [0, 0.1) is 12.3 Å². The predicted octanol–water partition coefficient (Wildman–Crippen LogP) is 4.63. The van der Waals surface area contributed by atoms with Crippen molar-refractivity contribution in [3.63, 3.8) is 0 Å². The van der Waals surface area contributed by atoms with Gasteiger partial charge in [-0.1, -0.05) is 36.7 Å². The number of anilines is 1. The van der Waals surface area contributed by atoms with Crippen LogP contribution in [0.2, 0.25) is 0 Å². The van der Waals surface area contributed by atoms with Gasteiger partial charge in [0.1, 0.15) is 0 Å². The molecule has 27 heavy (non-hydrogen) atoms. The number of sulfonamides is 1. The van der Waals surface area contributed by atoms with Crippen LogP contribution in [0.1, 0.15) is 59.4 Å². The monoisotopic (exact) mass is 460 g/mol. The second-order valence-electron chi connectivity index (χ2n) is 9.04. The molecular weight excluding hydrogens is 428 g/mol. The first-order chi connectivity index (χ1) is 12.1. The molecule has 1 amide bonds. The zero-order chi connectivity index (χ0) is 21.0. The molecule has 0 aromatic heterocycles. The lowest BCUT2D eigenvalue weighted by Crippen LogP contribution is -2.46. The van der Waals surface area contributed by atoms with E-state index in [1.807, 2.05) is 32.9 Å². The van der Waals surface area contributed by atoms with Gasteiger partial charge in [-0.3, -0.25) is 9.10 Å². The third-order valence-electron chi connectivity index (χ3n) is 4.04. The molecule has 0 unspecified atom stereocenters. The summed E-state index contributed by atoms with van der Waals surface area (Å²) in [5, 5.41) is 3.07. The molecule has 0 bridgehead atoms. The first-order valence-electron chi connectivity index (χ1n) is 9.16. The predicted molar refractivity (Wildman–Crippen MR) is 117 cm³/mol. The number of carbonyl (C=O) groups excluding carboxylic acids is 1. The van der Waals surface area contributed by atoms with E-state index in [2.05, 4.69) is 42.0 Å². The Balaban J connectivity index is 2.72. The molecule has 0 heterocycles. The highest BCUT2D eigenvalue weighted by molar-refractivity contribution is 9.10. The quantitative estimate of drug-likeness (QED) is 0.614. The van der Waals surface area contributed by atoms with Crippen molar-refractivity contribution in [3.8, 4) is 0 Å². The number of nitrogens with one attached hydrogen (secondary N) is 1. The summed E-state index contributed by atoms with van der Waals surface area (Å²) in [5.74, 6) is -0.0512. The Morgan fingerprint density at radius 1 is 1.19 bits per heavy atom. The second-order valence-corrected chi connectivity index (χ2v) is 11.8. The summed E-state index contributed by atoms with van der Waals surface area (Å²) in [7, 11) is -3.42. The minimum atomic E-state index is -3.42. The highest BCUT2D eigenvalue weighted by atomic mass is 79.9. The number of hydrogen-bond donors (Lipinski definition) is 1. The molecule has 0 radical (unpaired) electrons. The standard InChI is InChI=1S/C20H33BrN2O3S/c1-15-13-16(10-11-17(15)21)23(27(7,25)26)12-8-9-18(24)22-20(5,6)14-19(2,3)4/h10-11,13H,8-9,12,14H2,1-7H3,(H,22,24). The maximum atomic E-state index is 12.3. The Hall–Kier alpha value is -1.08. The normalized spacial score (nSPS) is 12.7. The topological polar surface area (TPSA) is 66.5 Å². The third-order valence-corrected chi connectivity index (χ3v) is 6.13. The van der Waals surface area contributed by atoms with Gasteiger partial charge < -0.3 is 5.32 Å². The fourth-order valence-corrected chi connectivity index (χ4v) is 4.67. The van der Waals surface area contributed by atoms with Crippen LogP contribution in [0.4, 0.5) is 5.69 Å². The molecule has 5 nitrogen and oxygen atoms in total. The van der Waals surface area contributed by atoms with Gasteiger partial charge in [0.15, 0.2) is 0 Å². The molecule has 0 fully saturated rings. The molecule has 1 aromatic rings. The van der Waals surface area contributed by atoms with Crippen molar-refractivity contribution in [2.24, 2.45) is 5.41 Å². The van der Waals surface area contributed by atoms with Crippen LogP contribution in [0.3, 0.4) is 0 Å². The summed E-state index contributed by atoms with van der Waals surface area (Å²) in [6.45, 7) is 12.7. The molecule has 1 aromatic carbocycles. The highest BCUT2D eigenvalue weighted by Crippen LogP contribution is 2.27. The van der Waals surface area contributed by atoms with Gasteiger partial charge in [0.25, 0.3) is 0 Å². The van der Waals surface area contributed by atoms with Crippen LogP contribution in [-0.2, 0) is 14.8 Å². The van der Waals surface area contributed by atoms with Crippen LogP contribution in [0.15, 0.2) is 22.7 Å². The van der Waals surface area contributed by atoms with E-state index in [9.17, 15) is 13.2 Å². The van der Waals surface area contributed by atoms with Crippen molar-refractivity contribution in [2.75, 3.05) is 17.1 Å². The smallest absolute Gasteiger partial charge is 0.232 e. The van der Waals surface area contributed by atoms with E-state index in [1.165, 1.54) is 10.6 Å². The van der Waals surface area contributed by atoms with E-state index in [-0.39, 0.29) is 29.8 Å². The largest absolute Gasteiger partial charge is 0.351 e. The van der Waals surface area contributed by atoms with Gasteiger partial charge in [-0.05, 0) is 62.8 Å². The van der Waals surface area contributed by atoms with Gasteiger partial charge >= 0.3 is 0 Å². The van der Waals surface area contributed by atoms with Gasteiger partial charge in [0.2, 0.25) is 15.9 Å². The van der Waals surface area contributed by atoms with E-state index in [0.717, 1.165) is 16.5 Å². The Bertz CT molecular complexity index is 768. The number of rotatable bonds is 8. The average Bonchev–Trinajstić information content (AvgIpc) is 2.42. The van der Waals surface area contributed by atoms with Crippen LogP contribution in [0.5, 0.6) is 0 Å². The van der Waals surface area contributed by atoms with Crippen molar-refractivity contribution in [2.45, 2.75) is 66.3 Å². The number of nitrogens with zero attached hydrogens (tertiary/aromatic N) is 1. The lowest BCUT2D eigenvalue weighted by molar-refractivity contribution is -0.123. The minimum absolute atomic E-state index is 0.0512. The maximum Gasteiger partial charge on any atom is 0.232 e. The Morgan fingerprint density at radius 3 is 2.26 bits per heavy atom. The zero-order valence-corrected chi connectivity index (χ0v) is 19.9. The number of aryl methyl sites for hydroxylation is 1. The van der Waals surface area contributed by atoms with Gasteiger partial charge in [-0.2, -0.15) is 0 Å². The lowest BCUT2D eigenvalue weighted by Gasteiger charge is -2.33. The minimum Gasteiger partial charge on any atom is -0.351 e. The van der Waals surface area contributed by atoms with Crippen molar-refractivity contribution in [1.29, 1.82) is 0 Å². The summed E-state index contributed by atoms with van der Waals surface area (Å²) in [6.07, 6.45) is 2.80. The third kappa shape index (κ3) is 8.64. The van der Waals surface area contributed by atoms with Gasteiger partial charge in [-0.15, -0.1) is 0 Å². The molecule has 0 aliphatic heterocycles. The summed E-state index contributed by atoms with van der Waals surface area (Å²) >= 11 is 3.43. The first-order valence-corrected chi connectivity index (χ1v) is 11.8. The highest BCUT2D eigenvalue weighted by Gasteiger charge is 2.27. The number of carbonyl (C=O) groups is 1. The van der Waals surface area contributed by atoms with Crippen LogP contribution >= 0.6 is 15.9 Å². The molecular formula is C20H33BrN2O3S. The molecule has 0 aliphatic carbocycles. The van der Waals surface area contributed by atoms with Crippen molar-refractivity contribution in [1.82, 2.24) is 5.32 Å². The van der Waals surface area contributed by atoms with Crippen molar-refractivity contribution < 1.29 is 13.2 Å². The van der Waals surface area contributed by atoms with E-state index in [4.69, 9.17) is 0 Å². The van der Waals surface area contributed by atoms with Crippen molar-refractivity contribution >= 4 is 37.5 Å². The van der Waals surface area contributed by atoms with Gasteiger partial charge in [-0.25, -0.2) is 8.42 Å². The van der Waals surface area contributed by atoms with E-state index >= 15 is 0 Å². The van der Waals surface area contributed by atoms with Crippen LogP contribution in [0.25, 0.3) is 0 Å². The van der Waals surface area contributed by atoms with Crippen LogP contribution < -0.4 is 9.62 Å². The fourth-order valence-electron chi connectivity index (χ4n) is 3.46. The summed E-state index contributed by atoms with van der Waals surface area (Å²) in [6, 6.07) is 5.44. The Labute approximate surface area is 173 Å². The molecule has 0 aliphatic rings. The number of benzene rings is 1. The van der Waals surface area contributed by atoms with Crippen molar-refractivity contribution in [3.05, 3.63) is 28.2 Å². The molecule has 0 spiro atoms. The Morgan fingerprint density at radius 2 is 1.78 bits per heavy atom. The zero-order valence-electron chi connectivity index (χ0n) is 17.5. The molecule has 154 valence electrons. The SMILES string of the molecule is Cc1cc(N(CCCC(=O)NC(C)(C)CC(C)(C)C)S(C)(=O)=O)ccc1Br.